The Labute approximate surface area is 113 Å². The number of rotatable bonds is 3. The molecule has 4 heteroatoms. The van der Waals surface area contributed by atoms with Gasteiger partial charge in [-0.1, -0.05) is 34.1 Å². The van der Waals surface area contributed by atoms with Crippen LogP contribution < -0.4 is 0 Å². The molecule has 1 rings (SSSR count). The monoisotopic (exact) mass is 274 g/mol. The van der Waals surface area contributed by atoms with Crippen molar-refractivity contribution in [2.75, 3.05) is 6.61 Å². The van der Waals surface area contributed by atoms with Crippen LogP contribution in [0.4, 0.5) is 0 Å². The van der Waals surface area contributed by atoms with Gasteiger partial charge in [0.05, 0.1) is 12.7 Å². The molecule has 0 heterocycles. The van der Waals surface area contributed by atoms with E-state index in [-0.39, 0.29) is 17.6 Å². The quantitative estimate of drug-likeness (QED) is 0.778. The molecule has 3 nitrogen and oxygen atoms in total. The summed E-state index contributed by atoms with van der Waals surface area (Å²) in [6.07, 6.45) is 1.99. The van der Waals surface area contributed by atoms with Gasteiger partial charge >= 0.3 is 0 Å². The lowest BCUT2D eigenvalue weighted by atomic mass is 9.75. The van der Waals surface area contributed by atoms with Crippen LogP contribution in [0.2, 0.25) is 18.1 Å². The molecule has 1 fully saturated rings. The smallest absolute Gasteiger partial charge is 0.192 e. The van der Waals surface area contributed by atoms with Gasteiger partial charge in [-0.2, -0.15) is 0 Å². The first-order valence-electron chi connectivity index (χ1n) is 7.05. The molecule has 0 aliphatic heterocycles. The Morgan fingerprint density at radius 2 is 1.83 bits per heavy atom. The summed E-state index contributed by atoms with van der Waals surface area (Å²) in [5, 5.41) is 20.9. The molecule has 1 aliphatic carbocycles. The van der Waals surface area contributed by atoms with Crippen LogP contribution in [0, 0.1) is 5.92 Å². The molecule has 1 saturated carbocycles. The van der Waals surface area contributed by atoms with E-state index in [1.165, 1.54) is 0 Å². The highest BCUT2D eigenvalue weighted by atomic mass is 28.4. The number of hydrogen-bond acceptors (Lipinski definition) is 3. The van der Waals surface area contributed by atoms with Crippen molar-refractivity contribution in [1.29, 1.82) is 0 Å². The molecule has 0 aromatic heterocycles. The molecule has 0 spiro atoms. The number of aliphatic hydroxyl groups excluding tert-OH is 1. The van der Waals surface area contributed by atoms with Crippen molar-refractivity contribution in [2.45, 2.75) is 76.8 Å². The van der Waals surface area contributed by atoms with E-state index in [9.17, 15) is 10.2 Å². The van der Waals surface area contributed by atoms with E-state index in [2.05, 4.69) is 33.9 Å². The Kier molecular flexibility index (Phi) is 4.70. The van der Waals surface area contributed by atoms with Gasteiger partial charge in [0, 0.05) is 0 Å². The van der Waals surface area contributed by atoms with Crippen LogP contribution in [0.25, 0.3) is 0 Å². The fourth-order valence-electron chi connectivity index (χ4n) is 2.20. The van der Waals surface area contributed by atoms with Gasteiger partial charge in [-0.05, 0) is 36.9 Å². The second-order valence-corrected chi connectivity index (χ2v) is 12.2. The van der Waals surface area contributed by atoms with Crippen LogP contribution in [0.3, 0.4) is 0 Å². The predicted molar refractivity (Wildman–Crippen MR) is 77.1 cm³/mol. The zero-order valence-electron chi connectivity index (χ0n) is 12.8. The van der Waals surface area contributed by atoms with Crippen molar-refractivity contribution in [2.24, 2.45) is 5.92 Å². The molecule has 1 aliphatic rings. The summed E-state index contributed by atoms with van der Waals surface area (Å²) in [5.74, 6) is 0.103. The van der Waals surface area contributed by atoms with Gasteiger partial charge in [-0.3, -0.25) is 0 Å². The maximum atomic E-state index is 10.7. The van der Waals surface area contributed by atoms with E-state index in [0.29, 0.717) is 6.42 Å². The first-order valence-corrected chi connectivity index (χ1v) is 9.96. The van der Waals surface area contributed by atoms with Crippen LogP contribution in [0.5, 0.6) is 0 Å². The fourth-order valence-corrected chi connectivity index (χ4v) is 3.22. The summed E-state index contributed by atoms with van der Waals surface area (Å²) in [6, 6.07) is 0. The van der Waals surface area contributed by atoms with E-state index in [1.807, 2.05) is 6.92 Å². The van der Waals surface area contributed by atoms with E-state index >= 15 is 0 Å². The van der Waals surface area contributed by atoms with Crippen LogP contribution in [-0.2, 0) is 4.43 Å². The average Bonchev–Trinajstić information content (AvgIpc) is 2.22. The van der Waals surface area contributed by atoms with Crippen molar-refractivity contribution in [3.63, 3.8) is 0 Å². The third-order valence-electron chi connectivity index (χ3n) is 5.02. The first kappa shape index (κ1) is 16.2. The van der Waals surface area contributed by atoms with Crippen LogP contribution in [-0.4, -0.2) is 36.8 Å². The SMILES string of the molecule is C[C@@H]1CCC[C@@H](O)[C@]1(O)CO[Si](C)(C)C(C)(C)C. The van der Waals surface area contributed by atoms with E-state index in [1.54, 1.807) is 0 Å². The maximum Gasteiger partial charge on any atom is 0.192 e. The van der Waals surface area contributed by atoms with Gasteiger partial charge < -0.3 is 14.6 Å². The largest absolute Gasteiger partial charge is 0.414 e. The lowest BCUT2D eigenvalue weighted by molar-refractivity contribution is -0.152. The highest BCUT2D eigenvalue weighted by Crippen LogP contribution is 2.39. The fraction of sp³-hybridized carbons (Fsp3) is 1.00. The zero-order chi connectivity index (χ0) is 14.2. The molecule has 0 aromatic rings. The van der Waals surface area contributed by atoms with Crippen molar-refractivity contribution < 1.29 is 14.6 Å². The molecule has 0 saturated heterocycles. The predicted octanol–water partition coefficient (Wildman–Crippen LogP) is 2.92. The zero-order valence-corrected chi connectivity index (χ0v) is 13.8. The molecule has 0 radical (unpaired) electrons. The third-order valence-corrected chi connectivity index (χ3v) is 9.49. The molecule has 108 valence electrons. The van der Waals surface area contributed by atoms with Crippen molar-refractivity contribution in [3.05, 3.63) is 0 Å². The molecule has 0 bridgehead atoms. The van der Waals surface area contributed by atoms with Gasteiger partial charge in [0.1, 0.15) is 5.60 Å². The Hall–Kier alpha value is 0.0969. The summed E-state index contributed by atoms with van der Waals surface area (Å²) in [7, 11) is -1.87. The van der Waals surface area contributed by atoms with E-state index < -0.39 is 20.0 Å². The lowest BCUT2D eigenvalue weighted by Gasteiger charge is -2.45. The minimum Gasteiger partial charge on any atom is -0.414 e. The second-order valence-electron chi connectivity index (χ2n) is 7.39. The average molecular weight is 274 g/mol. The van der Waals surface area contributed by atoms with E-state index in [0.717, 1.165) is 12.8 Å². The Morgan fingerprint density at radius 3 is 2.28 bits per heavy atom. The van der Waals surface area contributed by atoms with Crippen LogP contribution in [0.1, 0.15) is 47.0 Å². The van der Waals surface area contributed by atoms with Crippen molar-refractivity contribution >= 4 is 8.32 Å². The topological polar surface area (TPSA) is 49.7 Å². The number of aliphatic hydroxyl groups is 2. The summed E-state index contributed by atoms with van der Waals surface area (Å²) >= 11 is 0. The third kappa shape index (κ3) is 3.16. The highest BCUT2D eigenvalue weighted by molar-refractivity contribution is 6.74. The van der Waals surface area contributed by atoms with Gasteiger partial charge in [0.2, 0.25) is 0 Å². The molecular weight excluding hydrogens is 244 g/mol. The Balaban J connectivity index is 2.71. The molecular formula is C14H30O3Si. The van der Waals surface area contributed by atoms with Crippen molar-refractivity contribution in [3.8, 4) is 0 Å². The number of hydrogen-bond donors (Lipinski definition) is 2. The standard InChI is InChI=1S/C14H30O3Si/c1-11-8-7-9-12(15)14(11,16)10-17-18(5,6)13(2,3)4/h11-12,15-16H,7-10H2,1-6H3/t11-,12-,14+/m1/s1. The van der Waals surface area contributed by atoms with Gasteiger partial charge in [0.15, 0.2) is 8.32 Å². The molecule has 2 N–H and O–H groups in total. The Bertz CT molecular complexity index is 273. The highest BCUT2D eigenvalue weighted by Gasteiger charge is 2.46. The first-order chi connectivity index (χ1) is 8.01. The van der Waals surface area contributed by atoms with Gasteiger partial charge in [-0.15, -0.1) is 0 Å². The molecule has 0 unspecified atom stereocenters. The normalized spacial score (nSPS) is 34.7. The van der Waals surface area contributed by atoms with Crippen LogP contribution >= 0.6 is 0 Å². The summed E-state index contributed by atoms with van der Waals surface area (Å²) in [6.45, 7) is 13.2. The summed E-state index contributed by atoms with van der Waals surface area (Å²) in [5.41, 5.74) is -1.06. The van der Waals surface area contributed by atoms with E-state index in [4.69, 9.17) is 4.43 Å². The van der Waals surface area contributed by atoms with Crippen molar-refractivity contribution in [1.82, 2.24) is 0 Å². The molecule has 18 heavy (non-hydrogen) atoms. The lowest BCUT2D eigenvalue weighted by Crippen LogP contribution is -2.56. The molecule has 0 aromatic carbocycles. The molecule has 3 atom stereocenters. The maximum absolute atomic E-state index is 10.7. The minimum absolute atomic E-state index is 0.103. The molecule has 0 amide bonds. The van der Waals surface area contributed by atoms with Crippen LogP contribution in [0.15, 0.2) is 0 Å². The minimum atomic E-state index is -1.87. The van der Waals surface area contributed by atoms with Gasteiger partial charge in [-0.25, -0.2) is 0 Å². The summed E-state index contributed by atoms with van der Waals surface area (Å²) in [4.78, 5) is 0. The Morgan fingerprint density at radius 1 is 1.28 bits per heavy atom. The second kappa shape index (κ2) is 5.23. The van der Waals surface area contributed by atoms with Gasteiger partial charge in [0.25, 0.3) is 0 Å². The summed E-state index contributed by atoms with van der Waals surface area (Å²) < 4.78 is 6.11.